The standard InChI is InChI=1S/C15H15FN2O/c16-14-5-9(8-17)1-4-13(14)15(19)10-6-11-2-3-12(7-10)18-11/h1,4-5,10-12,18H,2-3,6-7H2. The van der Waals surface area contributed by atoms with Gasteiger partial charge in [0.25, 0.3) is 0 Å². The van der Waals surface area contributed by atoms with E-state index >= 15 is 0 Å². The molecule has 0 spiro atoms. The van der Waals surface area contributed by atoms with Gasteiger partial charge in [0.2, 0.25) is 0 Å². The Balaban J connectivity index is 1.82. The highest BCUT2D eigenvalue weighted by molar-refractivity contribution is 5.98. The van der Waals surface area contributed by atoms with Crippen LogP contribution in [-0.4, -0.2) is 17.9 Å². The molecule has 2 bridgehead atoms. The lowest BCUT2D eigenvalue weighted by Gasteiger charge is -2.28. The van der Waals surface area contributed by atoms with E-state index in [1.807, 2.05) is 6.07 Å². The van der Waals surface area contributed by atoms with Crippen LogP contribution in [0.15, 0.2) is 18.2 Å². The van der Waals surface area contributed by atoms with Crippen LogP contribution >= 0.6 is 0 Å². The molecule has 19 heavy (non-hydrogen) atoms. The van der Waals surface area contributed by atoms with Crippen molar-refractivity contribution in [1.82, 2.24) is 5.32 Å². The first kappa shape index (κ1) is 12.3. The van der Waals surface area contributed by atoms with Crippen molar-refractivity contribution in [3.63, 3.8) is 0 Å². The number of piperidine rings is 1. The number of nitriles is 1. The largest absolute Gasteiger partial charge is 0.311 e. The summed E-state index contributed by atoms with van der Waals surface area (Å²) in [6.45, 7) is 0. The first-order valence-corrected chi connectivity index (χ1v) is 6.67. The van der Waals surface area contributed by atoms with E-state index in [1.165, 1.54) is 12.1 Å². The Labute approximate surface area is 111 Å². The van der Waals surface area contributed by atoms with Crippen molar-refractivity contribution in [2.75, 3.05) is 0 Å². The van der Waals surface area contributed by atoms with Crippen LogP contribution < -0.4 is 5.32 Å². The van der Waals surface area contributed by atoms with Crippen LogP contribution in [0.2, 0.25) is 0 Å². The van der Waals surface area contributed by atoms with Gasteiger partial charge >= 0.3 is 0 Å². The van der Waals surface area contributed by atoms with Crippen LogP contribution in [0.25, 0.3) is 0 Å². The molecule has 3 nitrogen and oxygen atoms in total. The highest BCUT2D eigenvalue weighted by Gasteiger charge is 2.37. The molecule has 2 heterocycles. The third-order valence-corrected chi connectivity index (χ3v) is 4.21. The fourth-order valence-electron chi connectivity index (χ4n) is 3.28. The lowest BCUT2D eigenvalue weighted by Crippen LogP contribution is -2.40. The molecule has 2 fully saturated rings. The van der Waals surface area contributed by atoms with E-state index in [2.05, 4.69) is 5.32 Å². The zero-order valence-corrected chi connectivity index (χ0v) is 10.5. The van der Waals surface area contributed by atoms with Gasteiger partial charge in [-0.3, -0.25) is 4.79 Å². The highest BCUT2D eigenvalue weighted by atomic mass is 19.1. The predicted octanol–water partition coefficient (Wildman–Crippen LogP) is 2.41. The summed E-state index contributed by atoms with van der Waals surface area (Å²) in [7, 11) is 0. The van der Waals surface area contributed by atoms with Crippen LogP contribution in [0.1, 0.15) is 41.6 Å². The van der Waals surface area contributed by atoms with Crippen molar-refractivity contribution in [3.05, 3.63) is 35.1 Å². The molecule has 2 aliphatic rings. The summed E-state index contributed by atoms with van der Waals surface area (Å²) >= 11 is 0. The molecule has 1 N–H and O–H groups in total. The quantitative estimate of drug-likeness (QED) is 0.829. The van der Waals surface area contributed by atoms with Crippen molar-refractivity contribution < 1.29 is 9.18 Å². The average molecular weight is 258 g/mol. The maximum Gasteiger partial charge on any atom is 0.169 e. The van der Waals surface area contributed by atoms with E-state index in [0.29, 0.717) is 12.1 Å². The number of fused-ring (bicyclic) bond motifs is 2. The number of nitrogens with one attached hydrogen (secondary N) is 1. The van der Waals surface area contributed by atoms with Crippen molar-refractivity contribution in [2.45, 2.75) is 37.8 Å². The van der Waals surface area contributed by atoms with Crippen molar-refractivity contribution >= 4 is 5.78 Å². The van der Waals surface area contributed by atoms with E-state index in [9.17, 15) is 9.18 Å². The maximum absolute atomic E-state index is 13.9. The topological polar surface area (TPSA) is 52.9 Å². The number of carbonyl (C=O) groups excluding carboxylic acids is 1. The smallest absolute Gasteiger partial charge is 0.169 e. The molecule has 0 saturated carbocycles. The zero-order valence-electron chi connectivity index (χ0n) is 10.5. The molecule has 0 aliphatic carbocycles. The van der Waals surface area contributed by atoms with Gasteiger partial charge in [-0.25, -0.2) is 4.39 Å². The van der Waals surface area contributed by atoms with Crippen LogP contribution in [-0.2, 0) is 0 Å². The summed E-state index contributed by atoms with van der Waals surface area (Å²) in [5, 5.41) is 12.2. The Bertz CT molecular complexity index is 552. The number of nitrogens with zero attached hydrogens (tertiary/aromatic N) is 1. The predicted molar refractivity (Wildman–Crippen MR) is 68.1 cm³/mol. The first-order valence-electron chi connectivity index (χ1n) is 6.67. The third-order valence-electron chi connectivity index (χ3n) is 4.21. The van der Waals surface area contributed by atoms with Gasteiger partial charge in [0.05, 0.1) is 17.2 Å². The summed E-state index contributed by atoms with van der Waals surface area (Å²) < 4.78 is 13.9. The third kappa shape index (κ3) is 2.26. The molecule has 0 aromatic heterocycles. The minimum Gasteiger partial charge on any atom is -0.311 e. The maximum atomic E-state index is 13.9. The van der Waals surface area contributed by atoms with E-state index in [0.717, 1.165) is 31.7 Å². The molecule has 2 aliphatic heterocycles. The van der Waals surface area contributed by atoms with Gasteiger partial charge in [-0.15, -0.1) is 0 Å². The fourth-order valence-corrected chi connectivity index (χ4v) is 3.28. The monoisotopic (exact) mass is 258 g/mol. The first-order chi connectivity index (χ1) is 9.17. The summed E-state index contributed by atoms with van der Waals surface area (Å²) in [6, 6.07) is 6.79. The molecule has 0 amide bonds. The Morgan fingerprint density at radius 1 is 1.32 bits per heavy atom. The molecule has 3 rings (SSSR count). The van der Waals surface area contributed by atoms with Gasteiger partial charge < -0.3 is 5.32 Å². The second kappa shape index (κ2) is 4.75. The average Bonchev–Trinajstić information content (AvgIpc) is 2.76. The number of ketones is 1. The molecule has 2 atom stereocenters. The number of hydrogen-bond acceptors (Lipinski definition) is 3. The lowest BCUT2D eigenvalue weighted by atomic mass is 9.85. The summed E-state index contributed by atoms with van der Waals surface area (Å²) in [5.74, 6) is -0.767. The number of hydrogen-bond donors (Lipinski definition) is 1. The molecule has 2 saturated heterocycles. The van der Waals surface area contributed by atoms with Crippen molar-refractivity contribution in [2.24, 2.45) is 5.92 Å². The van der Waals surface area contributed by atoms with E-state index < -0.39 is 5.82 Å². The van der Waals surface area contributed by atoms with Crippen LogP contribution in [0.4, 0.5) is 4.39 Å². The molecule has 1 aromatic rings. The van der Waals surface area contributed by atoms with Gasteiger partial charge in [-0.2, -0.15) is 5.26 Å². The summed E-state index contributed by atoms with van der Waals surface area (Å²) in [5.41, 5.74) is 0.379. The van der Waals surface area contributed by atoms with E-state index in [4.69, 9.17) is 5.26 Å². The Morgan fingerprint density at radius 3 is 2.58 bits per heavy atom. The van der Waals surface area contributed by atoms with Gasteiger partial charge in [0.1, 0.15) is 5.82 Å². The molecule has 1 aromatic carbocycles. The molecular formula is C15H15FN2O. The number of benzene rings is 1. The molecular weight excluding hydrogens is 243 g/mol. The highest BCUT2D eigenvalue weighted by Crippen LogP contribution is 2.33. The minimum absolute atomic E-state index is 0.0822. The van der Waals surface area contributed by atoms with E-state index in [-0.39, 0.29) is 22.8 Å². The lowest BCUT2D eigenvalue weighted by molar-refractivity contribution is 0.0871. The van der Waals surface area contributed by atoms with Crippen LogP contribution in [0.3, 0.4) is 0 Å². The number of rotatable bonds is 2. The second-order valence-corrected chi connectivity index (χ2v) is 5.48. The van der Waals surface area contributed by atoms with Crippen molar-refractivity contribution in [1.29, 1.82) is 5.26 Å². The molecule has 2 unspecified atom stereocenters. The zero-order chi connectivity index (χ0) is 13.4. The number of Topliss-reactive ketones (excluding diaryl/α,β-unsaturated/α-hetero) is 1. The van der Waals surface area contributed by atoms with Crippen molar-refractivity contribution in [3.8, 4) is 6.07 Å². The summed E-state index contributed by atoms with van der Waals surface area (Å²) in [6.07, 6.45) is 3.83. The molecule has 0 radical (unpaired) electrons. The SMILES string of the molecule is N#Cc1ccc(C(=O)C2CC3CCC(C2)N3)c(F)c1. The Hall–Kier alpha value is -1.73. The Kier molecular flexibility index (Phi) is 3.08. The van der Waals surface area contributed by atoms with Gasteiger partial charge in [-0.05, 0) is 43.9 Å². The van der Waals surface area contributed by atoms with Crippen LogP contribution in [0.5, 0.6) is 0 Å². The van der Waals surface area contributed by atoms with Gasteiger partial charge in [0.15, 0.2) is 5.78 Å². The Morgan fingerprint density at radius 2 is 2.00 bits per heavy atom. The molecule has 98 valence electrons. The van der Waals surface area contributed by atoms with Crippen LogP contribution in [0, 0.1) is 23.1 Å². The molecule has 4 heteroatoms. The second-order valence-electron chi connectivity index (χ2n) is 5.48. The normalized spacial score (nSPS) is 28.9. The number of carbonyl (C=O) groups is 1. The fraction of sp³-hybridized carbons (Fsp3) is 0.467. The van der Waals surface area contributed by atoms with E-state index in [1.54, 1.807) is 0 Å². The van der Waals surface area contributed by atoms with Gasteiger partial charge in [0, 0.05) is 18.0 Å². The number of halogens is 1. The minimum atomic E-state index is -0.574. The van der Waals surface area contributed by atoms with Gasteiger partial charge in [-0.1, -0.05) is 0 Å². The summed E-state index contributed by atoms with van der Waals surface area (Å²) in [4.78, 5) is 12.4.